The highest BCUT2D eigenvalue weighted by Gasteiger charge is 2.36. The van der Waals surface area contributed by atoms with Crippen LogP contribution in [-0.4, -0.2) is 44.0 Å². The maximum Gasteiger partial charge on any atom is 0.238 e. The molecule has 1 saturated heterocycles. The summed E-state index contributed by atoms with van der Waals surface area (Å²) in [5.74, 6) is 0.374. The molecule has 0 spiro atoms. The lowest BCUT2D eigenvalue weighted by Crippen LogP contribution is -2.45. The fraction of sp³-hybridized carbons (Fsp3) is 0.909. The molecule has 6 heteroatoms. The van der Waals surface area contributed by atoms with Crippen molar-refractivity contribution in [1.82, 2.24) is 9.62 Å². The molecule has 1 heterocycles. The van der Waals surface area contributed by atoms with Crippen LogP contribution >= 0.6 is 0 Å². The van der Waals surface area contributed by atoms with E-state index in [-0.39, 0.29) is 5.91 Å². The maximum absolute atomic E-state index is 11.9. The molecule has 0 aromatic rings. The first kappa shape index (κ1) is 14.4. The Balaban J connectivity index is 2.51. The Morgan fingerprint density at radius 1 is 1.47 bits per heavy atom. The molecule has 1 aliphatic rings. The number of nitrogens with zero attached hydrogens (tertiary/aromatic N) is 1. The van der Waals surface area contributed by atoms with E-state index in [0.29, 0.717) is 25.4 Å². The van der Waals surface area contributed by atoms with E-state index in [2.05, 4.69) is 19.2 Å². The number of hydrogen-bond donors (Lipinski definition) is 1. The zero-order valence-electron chi connectivity index (χ0n) is 10.8. The number of rotatable bonds is 5. The zero-order chi connectivity index (χ0) is 13.1. The number of sulfonamides is 1. The van der Waals surface area contributed by atoms with Crippen molar-refractivity contribution in [2.24, 2.45) is 5.92 Å². The summed E-state index contributed by atoms with van der Waals surface area (Å²) in [6, 6.07) is -0.503. The molecule has 1 unspecified atom stereocenters. The molecule has 0 aromatic carbocycles. The maximum atomic E-state index is 11.9. The molecule has 1 atom stereocenters. The number of nitrogens with one attached hydrogen (secondary N) is 1. The van der Waals surface area contributed by atoms with Gasteiger partial charge in [-0.25, -0.2) is 8.42 Å². The molecule has 17 heavy (non-hydrogen) atoms. The van der Waals surface area contributed by atoms with Gasteiger partial charge in [0, 0.05) is 13.1 Å². The molecule has 0 aromatic heterocycles. The van der Waals surface area contributed by atoms with E-state index >= 15 is 0 Å². The summed E-state index contributed by atoms with van der Waals surface area (Å²) in [5.41, 5.74) is 0. The fourth-order valence-corrected chi connectivity index (χ4v) is 3.13. The van der Waals surface area contributed by atoms with Crippen LogP contribution in [0.1, 0.15) is 33.1 Å². The summed E-state index contributed by atoms with van der Waals surface area (Å²) >= 11 is 0. The molecule has 5 nitrogen and oxygen atoms in total. The molecule has 1 N–H and O–H groups in total. The van der Waals surface area contributed by atoms with Gasteiger partial charge in [-0.1, -0.05) is 13.8 Å². The van der Waals surface area contributed by atoms with Gasteiger partial charge in [-0.2, -0.15) is 4.31 Å². The van der Waals surface area contributed by atoms with Gasteiger partial charge < -0.3 is 5.32 Å². The second-order valence-electron chi connectivity index (χ2n) is 5.01. The highest BCUT2D eigenvalue weighted by Crippen LogP contribution is 2.20. The molecule has 1 aliphatic heterocycles. The van der Waals surface area contributed by atoms with Crippen molar-refractivity contribution in [2.75, 3.05) is 19.3 Å². The summed E-state index contributed by atoms with van der Waals surface area (Å²) in [4.78, 5) is 11.9. The first-order chi connectivity index (χ1) is 7.82. The van der Waals surface area contributed by atoms with Gasteiger partial charge in [0.05, 0.1) is 6.26 Å². The van der Waals surface area contributed by atoms with Crippen molar-refractivity contribution in [3.8, 4) is 0 Å². The molecule has 1 fully saturated rings. The van der Waals surface area contributed by atoms with E-state index in [4.69, 9.17) is 0 Å². The monoisotopic (exact) mass is 262 g/mol. The molecule has 0 saturated carbocycles. The Morgan fingerprint density at radius 3 is 2.65 bits per heavy atom. The van der Waals surface area contributed by atoms with Crippen LogP contribution in [0.4, 0.5) is 0 Å². The minimum atomic E-state index is -3.27. The van der Waals surface area contributed by atoms with E-state index in [1.807, 2.05) is 0 Å². The Bertz CT molecular complexity index is 365. The second-order valence-corrected chi connectivity index (χ2v) is 6.94. The average Bonchev–Trinajstić information content (AvgIpc) is 2.64. The van der Waals surface area contributed by atoms with Gasteiger partial charge in [-0.05, 0) is 25.2 Å². The van der Waals surface area contributed by atoms with Crippen molar-refractivity contribution in [3.63, 3.8) is 0 Å². The van der Waals surface area contributed by atoms with Crippen molar-refractivity contribution < 1.29 is 13.2 Å². The van der Waals surface area contributed by atoms with Gasteiger partial charge in [0.25, 0.3) is 0 Å². The molecule has 0 aliphatic carbocycles. The lowest BCUT2D eigenvalue weighted by Gasteiger charge is -2.21. The molecular weight excluding hydrogens is 240 g/mol. The molecule has 100 valence electrons. The molecule has 1 rings (SSSR count). The minimum absolute atomic E-state index is 0.159. The van der Waals surface area contributed by atoms with Crippen molar-refractivity contribution in [1.29, 1.82) is 0 Å². The van der Waals surface area contributed by atoms with Gasteiger partial charge in [0.15, 0.2) is 0 Å². The normalized spacial score (nSPS) is 22.0. The largest absolute Gasteiger partial charge is 0.355 e. The standard InChI is InChI=1S/C11H22N2O3S/c1-9(2)6-7-12-11(14)10-5-4-8-13(10)17(3,15)16/h9-10H,4-8H2,1-3H3,(H,12,14). The van der Waals surface area contributed by atoms with Crippen LogP contribution in [0.15, 0.2) is 0 Å². The molecular formula is C11H22N2O3S. The molecule has 1 amide bonds. The average molecular weight is 262 g/mol. The smallest absolute Gasteiger partial charge is 0.238 e. The summed E-state index contributed by atoms with van der Waals surface area (Å²) < 4.78 is 24.3. The Hall–Kier alpha value is -0.620. The van der Waals surface area contributed by atoms with Crippen LogP contribution in [0, 0.1) is 5.92 Å². The van der Waals surface area contributed by atoms with E-state index in [9.17, 15) is 13.2 Å². The fourth-order valence-electron chi connectivity index (χ4n) is 2.00. The summed E-state index contributed by atoms with van der Waals surface area (Å²) in [6.45, 7) is 5.25. The number of carbonyl (C=O) groups excluding carboxylic acids is 1. The van der Waals surface area contributed by atoms with Gasteiger partial charge in [0.1, 0.15) is 6.04 Å². The number of hydrogen-bond acceptors (Lipinski definition) is 3. The minimum Gasteiger partial charge on any atom is -0.355 e. The first-order valence-electron chi connectivity index (χ1n) is 6.07. The molecule has 0 radical (unpaired) electrons. The third-order valence-corrected chi connectivity index (χ3v) is 4.24. The predicted octanol–water partition coefficient (Wildman–Crippen LogP) is 0.573. The summed E-state index contributed by atoms with van der Waals surface area (Å²) in [5, 5.41) is 2.81. The van der Waals surface area contributed by atoms with Crippen LogP contribution < -0.4 is 5.32 Å². The molecule has 0 bridgehead atoms. The summed E-state index contributed by atoms with van der Waals surface area (Å²) in [6.07, 6.45) is 3.46. The van der Waals surface area contributed by atoms with Gasteiger partial charge in [-0.15, -0.1) is 0 Å². The van der Waals surface area contributed by atoms with Crippen LogP contribution in [0.5, 0.6) is 0 Å². The van der Waals surface area contributed by atoms with E-state index in [1.54, 1.807) is 0 Å². The Morgan fingerprint density at radius 2 is 2.12 bits per heavy atom. The van der Waals surface area contributed by atoms with Crippen molar-refractivity contribution >= 4 is 15.9 Å². The Kier molecular flexibility index (Phi) is 4.94. The number of amides is 1. The van der Waals surface area contributed by atoms with Crippen molar-refractivity contribution in [2.45, 2.75) is 39.2 Å². The van der Waals surface area contributed by atoms with Crippen LogP contribution in [-0.2, 0) is 14.8 Å². The SMILES string of the molecule is CC(C)CCNC(=O)C1CCCN1S(C)(=O)=O. The van der Waals surface area contributed by atoms with E-state index < -0.39 is 16.1 Å². The quantitative estimate of drug-likeness (QED) is 0.788. The van der Waals surface area contributed by atoms with Crippen LogP contribution in [0.25, 0.3) is 0 Å². The van der Waals surface area contributed by atoms with Crippen LogP contribution in [0.2, 0.25) is 0 Å². The number of carbonyl (C=O) groups is 1. The third-order valence-electron chi connectivity index (χ3n) is 2.95. The topological polar surface area (TPSA) is 66.5 Å². The first-order valence-corrected chi connectivity index (χ1v) is 7.91. The lowest BCUT2D eigenvalue weighted by molar-refractivity contribution is -0.124. The van der Waals surface area contributed by atoms with Gasteiger partial charge >= 0.3 is 0 Å². The van der Waals surface area contributed by atoms with Gasteiger partial charge in [-0.3, -0.25) is 4.79 Å². The zero-order valence-corrected chi connectivity index (χ0v) is 11.6. The van der Waals surface area contributed by atoms with Crippen LogP contribution in [0.3, 0.4) is 0 Å². The van der Waals surface area contributed by atoms with Gasteiger partial charge in [0.2, 0.25) is 15.9 Å². The lowest BCUT2D eigenvalue weighted by atomic mass is 10.1. The second kappa shape index (κ2) is 5.82. The highest BCUT2D eigenvalue weighted by atomic mass is 32.2. The predicted molar refractivity (Wildman–Crippen MR) is 67.0 cm³/mol. The van der Waals surface area contributed by atoms with E-state index in [0.717, 1.165) is 19.1 Å². The van der Waals surface area contributed by atoms with Crippen molar-refractivity contribution in [3.05, 3.63) is 0 Å². The van der Waals surface area contributed by atoms with E-state index in [1.165, 1.54) is 4.31 Å². The summed E-state index contributed by atoms with van der Waals surface area (Å²) in [7, 11) is -3.27. The third kappa shape index (κ3) is 4.27. The highest BCUT2D eigenvalue weighted by molar-refractivity contribution is 7.88. The Labute approximate surface area is 104 Å².